The molecular weight excluding hydrogens is 447 g/mol. The fraction of sp³-hybridized carbons (Fsp3) is 0.478. The molecule has 11 heteroatoms. The third kappa shape index (κ3) is 5.82. The topological polar surface area (TPSA) is 78.7 Å². The molecule has 1 aliphatic rings. The third-order valence-electron chi connectivity index (χ3n) is 5.87. The largest absolute Gasteiger partial charge is 0.416 e. The standard InChI is InChI=1S/C23H28F3N7O/c1-16-13-17(2)33-22(28-16)29-20(30-33)15-21(34)27-7-4-8-31-9-11-32(12-10-31)19-6-3-5-18(14-19)23(24,25)26/h3,5-6,13-14H,4,7-12,15H2,1-2H3,(H,27,34). The summed E-state index contributed by atoms with van der Waals surface area (Å²) in [5.74, 6) is 0.786. The Balaban J connectivity index is 1.18. The number of carbonyl (C=O) groups is 1. The summed E-state index contributed by atoms with van der Waals surface area (Å²) in [6.07, 6.45) is -3.45. The minimum Gasteiger partial charge on any atom is -0.369 e. The smallest absolute Gasteiger partial charge is 0.369 e. The number of rotatable bonds is 7. The second kappa shape index (κ2) is 9.96. The number of hydrogen-bond acceptors (Lipinski definition) is 6. The number of aromatic nitrogens is 4. The van der Waals surface area contributed by atoms with Gasteiger partial charge in [-0.05, 0) is 51.1 Å². The number of amides is 1. The molecule has 0 atom stereocenters. The van der Waals surface area contributed by atoms with Crippen LogP contribution >= 0.6 is 0 Å². The van der Waals surface area contributed by atoms with E-state index < -0.39 is 11.7 Å². The minimum atomic E-state index is -4.33. The van der Waals surface area contributed by atoms with E-state index in [1.54, 1.807) is 10.6 Å². The van der Waals surface area contributed by atoms with Gasteiger partial charge in [0, 0.05) is 49.8 Å². The van der Waals surface area contributed by atoms with E-state index in [-0.39, 0.29) is 12.3 Å². The number of fused-ring (bicyclic) bond motifs is 1. The maximum Gasteiger partial charge on any atom is 0.416 e. The summed E-state index contributed by atoms with van der Waals surface area (Å²) >= 11 is 0. The van der Waals surface area contributed by atoms with E-state index in [2.05, 4.69) is 25.3 Å². The van der Waals surface area contributed by atoms with Crippen molar-refractivity contribution < 1.29 is 18.0 Å². The second-order valence-electron chi connectivity index (χ2n) is 8.54. The van der Waals surface area contributed by atoms with Crippen LogP contribution in [-0.2, 0) is 17.4 Å². The molecule has 4 rings (SSSR count). The molecule has 0 bridgehead atoms. The molecule has 8 nitrogen and oxygen atoms in total. The van der Waals surface area contributed by atoms with Crippen molar-refractivity contribution in [3.63, 3.8) is 0 Å². The van der Waals surface area contributed by atoms with Gasteiger partial charge in [-0.15, -0.1) is 5.10 Å². The number of piperazine rings is 1. The van der Waals surface area contributed by atoms with Crippen molar-refractivity contribution in [2.75, 3.05) is 44.2 Å². The zero-order valence-corrected chi connectivity index (χ0v) is 19.3. The van der Waals surface area contributed by atoms with Crippen molar-refractivity contribution in [1.82, 2.24) is 29.8 Å². The zero-order chi connectivity index (χ0) is 24.3. The van der Waals surface area contributed by atoms with Crippen LogP contribution in [0.15, 0.2) is 30.3 Å². The van der Waals surface area contributed by atoms with E-state index >= 15 is 0 Å². The van der Waals surface area contributed by atoms with Crippen molar-refractivity contribution in [3.05, 3.63) is 53.1 Å². The molecule has 1 aliphatic heterocycles. The van der Waals surface area contributed by atoms with Crippen LogP contribution in [0.4, 0.5) is 18.9 Å². The third-order valence-corrected chi connectivity index (χ3v) is 5.87. The minimum absolute atomic E-state index is 0.0948. The summed E-state index contributed by atoms with van der Waals surface area (Å²) in [7, 11) is 0. The molecule has 2 aromatic heterocycles. The molecule has 1 amide bonds. The summed E-state index contributed by atoms with van der Waals surface area (Å²) in [4.78, 5) is 25.2. The number of halogens is 3. The molecule has 0 spiro atoms. The highest BCUT2D eigenvalue weighted by atomic mass is 19.4. The van der Waals surface area contributed by atoms with Gasteiger partial charge in [-0.2, -0.15) is 18.2 Å². The second-order valence-corrected chi connectivity index (χ2v) is 8.54. The van der Waals surface area contributed by atoms with Gasteiger partial charge in [0.15, 0.2) is 5.82 Å². The maximum absolute atomic E-state index is 13.0. The maximum atomic E-state index is 13.0. The highest BCUT2D eigenvalue weighted by molar-refractivity contribution is 5.77. The van der Waals surface area contributed by atoms with E-state index in [9.17, 15) is 18.0 Å². The van der Waals surface area contributed by atoms with Gasteiger partial charge in [-0.25, -0.2) is 9.50 Å². The Labute approximate surface area is 195 Å². The average molecular weight is 476 g/mol. The molecule has 1 N–H and O–H groups in total. The van der Waals surface area contributed by atoms with Gasteiger partial charge in [0.05, 0.1) is 12.0 Å². The van der Waals surface area contributed by atoms with Crippen LogP contribution in [0, 0.1) is 13.8 Å². The molecule has 0 saturated carbocycles. The number of nitrogens with zero attached hydrogens (tertiary/aromatic N) is 6. The zero-order valence-electron chi connectivity index (χ0n) is 19.3. The monoisotopic (exact) mass is 475 g/mol. The van der Waals surface area contributed by atoms with E-state index in [0.717, 1.165) is 43.5 Å². The Morgan fingerprint density at radius 1 is 1.09 bits per heavy atom. The molecule has 3 heterocycles. The first-order valence-corrected chi connectivity index (χ1v) is 11.3. The van der Waals surface area contributed by atoms with Crippen LogP contribution in [-0.4, -0.2) is 69.7 Å². The molecule has 0 aliphatic carbocycles. The lowest BCUT2D eigenvalue weighted by Crippen LogP contribution is -2.47. The van der Waals surface area contributed by atoms with E-state index in [0.29, 0.717) is 36.9 Å². The number of hydrogen-bond donors (Lipinski definition) is 1. The van der Waals surface area contributed by atoms with Gasteiger partial charge in [-0.3, -0.25) is 9.69 Å². The summed E-state index contributed by atoms with van der Waals surface area (Å²) in [6, 6.07) is 7.38. The van der Waals surface area contributed by atoms with Crippen LogP contribution in [0.25, 0.3) is 5.78 Å². The van der Waals surface area contributed by atoms with Crippen LogP contribution in [0.1, 0.15) is 29.2 Å². The predicted octanol–water partition coefficient (Wildman–Crippen LogP) is 2.63. The Bertz CT molecular complexity index is 1150. The summed E-state index contributed by atoms with van der Waals surface area (Å²) < 4.78 is 40.5. The summed E-state index contributed by atoms with van der Waals surface area (Å²) in [5.41, 5.74) is 1.74. The Morgan fingerprint density at radius 2 is 1.85 bits per heavy atom. The van der Waals surface area contributed by atoms with Crippen molar-refractivity contribution in [2.24, 2.45) is 0 Å². The lowest BCUT2D eigenvalue weighted by molar-refractivity contribution is -0.137. The molecule has 0 radical (unpaired) electrons. The molecular formula is C23H28F3N7O. The lowest BCUT2D eigenvalue weighted by Gasteiger charge is -2.36. The molecule has 1 fully saturated rings. The van der Waals surface area contributed by atoms with Crippen molar-refractivity contribution in [3.8, 4) is 0 Å². The summed E-state index contributed by atoms with van der Waals surface area (Å²) in [6.45, 7) is 8.02. The van der Waals surface area contributed by atoms with E-state index in [1.165, 1.54) is 12.1 Å². The van der Waals surface area contributed by atoms with Gasteiger partial charge < -0.3 is 10.2 Å². The average Bonchev–Trinajstić information content (AvgIpc) is 3.19. The molecule has 34 heavy (non-hydrogen) atoms. The Kier molecular flexibility index (Phi) is 7.01. The van der Waals surface area contributed by atoms with Crippen molar-refractivity contribution in [1.29, 1.82) is 0 Å². The van der Waals surface area contributed by atoms with Crippen LogP contribution in [0.3, 0.4) is 0 Å². The molecule has 1 saturated heterocycles. The molecule has 1 aromatic carbocycles. The van der Waals surface area contributed by atoms with Gasteiger partial charge in [-0.1, -0.05) is 6.07 Å². The Hall–Kier alpha value is -3.21. The Morgan fingerprint density at radius 3 is 2.59 bits per heavy atom. The van der Waals surface area contributed by atoms with Gasteiger partial charge in [0.2, 0.25) is 5.91 Å². The number of anilines is 1. The number of nitrogens with one attached hydrogen (secondary N) is 1. The molecule has 0 unspecified atom stereocenters. The van der Waals surface area contributed by atoms with Gasteiger partial charge in [0.25, 0.3) is 5.78 Å². The van der Waals surface area contributed by atoms with E-state index in [1.807, 2.05) is 24.8 Å². The van der Waals surface area contributed by atoms with Gasteiger partial charge in [0.1, 0.15) is 0 Å². The first-order chi connectivity index (χ1) is 16.2. The van der Waals surface area contributed by atoms with E-state index in [4.69, 9.17) is 0 Å². The molecule has 182 valence electrons. The lowest BCUT2D eigenvalue weighted by atomic mass is 10.1. The highest BCUT2D eigenvalue weighted by Gasteiger charge is 2.31. The highest BCUT2D eigenvalue weighted by Crippen LogP contribution is 2.31. The first kappa shape index (κ1) is 23.9. The normalized spacial score (nSPS) is 15.1. The quantitative estimate of drug-likeness (QED) is 0.530. The fourth-order valence-corrected chi connectivity index (χ4v) is 4.13. The molecule has 3 aromatic rings. The SMILES string of the molecule is Cc1cc(C)n2nc(CC(=O)NCCCN3CCN(c4cccc(C(F)(F)F)c4)CC3)nc2n1. The predicted molar refractivity (Wildman–Crippen MR) is 122 cm³/mol. The number of alkyl halides is 3. The van der Waals surface area contributed by atoms with Gasteiger partial charge >= 0.3 is 6.18 Å². The number of benzene rings is 1. The first-order valence-electron chi connectivity index (χ1n) is 11.3. The van der Waals surface area contributed by atoms with Crippen LogP contribution in [0.5, 0.6) is 0 Å². The number of carbonyl (C=O) groups excluding carboxylic acids is 1. The van der Waals surface area contributed by atoms with Crippen molar-refractivity contribution >= 4 is 17.4 Å². The van der Waals surface area contributed by atoms with Crippen LogP contribution < -0.4 is 10.2 Å². The van der Waals surface area contributed by atoms with Crippen molar-refractivity contribution in [2.45, 2.75) is 32.9 Å². The number of aryl methyl sites for hydroxylation is 2. The summed E-state index contributed by atoms with van der Waals surface area (Å²) in [5, 5.41) is 7.26. The fourth-order valence-electron chi connectivity index (χ4n) is 4.13. The van der Waals surface area contributed by atoms with Crippen LogP contribution in [0.2, 0.25) is 0 Å².